The zero-order valence-corrected chi connectivity index (χ0v) is 25.0. The third-order valence-corrected chi connectivity index (χ3v) is 11.6. The van der Waals surface area contributed by atoms with E-state index in [-0.39, 0.29) is 67.3 Å². The maximum absolute atomic E-state index is 13.1. The molecular formula is C31H52O8. The Hall–Kier alpha value is -1.22. The molecule has 0 amide bonds. The van der Waals surface area contributed by atoms with Crippen molar-refractivity contribution in [3.8, 4) is 0 Å². The number of hydrogen-bond donors (Lipinski definition) is 4. The van der Waals surface area contributed by atoms with Crippen molar-refractivity contribution in [2.45, 2.75) is 148 Å². The molecular weight excluding hydrogens is 500 g/mol. The van der Waals surface area contributed by atoms with Crippen molar-refractivity contribution >= 4 is 11.9 Å². The second-order valence-corrected chi connectivity index (χ2v) is 14.7. The predicted molar refractivity (Wildman–Crippen MR) is 145 cm³/mol. The standard InChI is InChI=1S/C31H52O8/c1-18(2)14-25(33)38-20(5)29(35)12-13-31(37)28(29,7)24(39-26(34)15-19(3)4)17-23-27(6)10-9-22(32)16-21(27)8-11-30(23,31)36/h18-24,32,35-37H,8-17H2,1-7H3. The number of aliphatic hydroxyl groups excluding tert-OH is 1. The number of hydrogen-bond acceptors (Lipinski definition) is 8. The highest BCUT2D eigenvalue weighted by Gasteiger charge is 2.82. The number of esters is 2. The molecule has 0 heterocycles. The Morgan fingerprint density at radius 3 is 2.08 bits per heavy atom. The first kappa shape index (κ1) is 30.7. The molecule has 4 N–H and O–H groups in total. The fraction of sp³-hybridized carbons (Fsp3) is 0.935. The van der Waals surface area contributed by atoms with E-state index in [0.717, 1.165) is 0 Å². The van der Waals surface area contributed by atoms with Gasteiger partial charge < -0.3 is 29.9 Å². The van der Waals surface area contributed by atoms with E-state index < -0.39 is 46.4 Å². The summed E-state index contributed by atoms with van der Waals surface area (Å²) in [5.41, 5.74) is -6.86. The lowest BCUT2D eigenvalue weighted by atomic mass is 9.40. The number of carbonyl (C=O) groups excluding carboxylic acids is 2. The number of fused-ring (bicyclic) bond motifs is 5. The Bertz CT molecular complexity index is 951. The summed E-state index contributed by atoms with van der Waals surface area (Å²) >= 11 is 0. The lowest BCUT2D eigenvalue weighted by molar-refractivity contribution is -0.342. The van der Waals surface area contributed by atoms with Crippen LogP contribution in [-0.2, 0) is 19.1 Å². The molecule has 4 aliphatic rings. The van der Waals surface area contributed by atoms with Crippen molar-refractivity contribution in [1.82, 2.24) is 0 Å². The Balaban J connectivity index is 1.78. The van der Waals surface area contributed by atoms with E-state index in [1.54, 1.807) is 13.8 Å². The first-order valence-electron chi connectivity index (χ1n) is 15.2. The molecule has 0 aromatic rings. The Labute approximate surface area is 233 Å². The first-order chi connectivity index (χ1) is 17.9. The molecule has 0 saturated heterocycles. The zero-order chi connectivity index (χ0) is 29.2. The van der Waals surface area contributed by atoms with Crippen LogP contribution in [-0.4, -0.2) is 67.5 Å². The van der Waals surface area contributed by atoms with E-state index in [1.165, 1.54) is 0 Å². The highest BCUT2D eigenvalue weighted by Crippen LogP contribution is 2.72. The number of carbonyl (C=O) groups is 2. The van der Waals surface area contributed by atoms with Gasteiger partial charge in [-0.1, -0.05) is 41.5 Å². The molecule has 4 rings (SSSR count). The van der Waals surface area contributed by atoms with Gasteiger partial charge in [0.2, 0.25) is 0 Å². The summed E-state index contributed by atoms with van der Waals surface area (Å²) in [5.74, 6) is -0.880. The van der Waals surface area contributed by atoms with Gasteiger partial charge in [-0.3, -0.25) is 9.59 Å². The van der Waals surface area contributed by atoms with Gasteiger partial charge in [-0.2, -0.15) is 0 Å². The summed E-state index contributed by atoms with van der Waals surface area (Å²) in [5, 5.41) is 48.1. The van der Waals surface area contributed by atoms with E-state index in [2.05, 4.69) is 6.92 Å². The van der Waals surface area contributed by atoms with Crippen molar-refractivity contribution in [3.05, 3.63) is 0 Å². The average Bonchev–Trinajstić information content (AvgIpc) is 3.04. The van der Waals surface area contributed by atoms with Crippen LogP contribution in [0.5, 0.6) is 0 Å². The molecule has 0 radical (unpaired) electrons. The third-order valence-electron chi connectivity index (χ3n) is 11.6. The molecule has 0 aliphatic heterocycles. The van der Waals surface area contributed by atoms with E-state index in [0.29, 0.717) is 32.1 Å². The number of rotatable bonds is 7. The van der Waals surface area contributed by atoms with Crippen LogP contribution in [0.4, 0.5) is 0 Å². The van der Waals surface area contributed by atoms with E-state index >= 15 is 0 Å². The Morgan fingerprint density at radius 1 is 0.846 bits per heavy atom. The van der Waals surface area contributed by atoms with E-state index in [1.807, 2.05) is 27.7 Å². The van der Waals surface area contributed by atoms with Crippen molar-refractivity contribution < 1.29 is 39.5 Å². The summed E-state index contributed by atoms with van der Waals surface area (Å²) in [7, 11) is 0. The van der Waals surface area contributed by atoms with Crippen LogP contribution >= 0.6 is 0 Å². The van der Waals surface area contributed by atoms with E-state index in [4.69, 9.17) is 9.47 Å². The second kappa shape index (κ2) is 10.2. The number of ether oxygens (including phenoxy) is 2. The fourth-order valence-corrected chi connectivity index (χ4v) is 9.29. The van der Waals surface area contributed by atoms with Crippen molar-refractivity contribution in [2.75, 3.05) is 0 Å². The summed E-state index contributed by atoms with van der Waals surface area (Å²) in [6.07, 6.45) is 1.63. The van der Waals surface area contributed by atoms with Gasteiger partial charge in [0.15, 0.2) is 0 Å². The molecule has 0 aromatic carbocycles. The monoisotopic (exact) mass is 552 g/mol. The first-order valence-corrected chi connectivity index (χ1v) is 15.2. The number of aliphatic hydroxyl groups is 4. The fourth-order valence-electron chi connectivity index (χ4n) is 9.29. The van der Waals surface area contributed by atoms with Gasteiger partial charge in [-0.05, 0) is 87.4 Å². The topological polar surface area (TPSA) is 134 Å². The average molecular weight is 553 g/mol. The minimum absolute atomic E-state index is 0.0690. The van der Waals surface area contributed by atoms with Gasteiger partial charge in [-0.25, -0.2) is 0 Å². The summed E-state index contributed by atoms with van der Waals surface area (Å²) < 4.78 is 11.9. The molecule has 10 unspecified atom stereocenters. The SMILES string of the molecule is CC(C)CC(=O)OC(C)C1(O)CCC2(O)C3(O)CCC4CC(O)CCC4(C)C3CC(OC(=O)CC(C)C)C12C. The van der Waals surface area contributed by atoms with Crippen LogP contribution in [0.25, 0.3) is 0 Å². The summed E-state index contributed by atoms with van der Waals surface area (Å²) in [6.45, 7) is 13.2. The molecule has 8 heteroatoms. The van der Waals surface area contributed by atoms with Crippen molar-refractivity contribution in [3.63, 3.8) is 0 Å². The second-order valence-electron chi connectivity index (χ2n) is 14.7. The smallest absolute Gasteiger partial charge is 0.306 e. The molecule has 8 nitrogen and oxygen atoms in total. The van der Waals surface area contributed by atoms with Crippen LogP contribution in [0.15, 0.2) is 0 Å². The quantitative estimate of drug-likeness (QED) is 0.350. The summed E-state index contributed by atoms with van der Waals surface area (Å²) in [4.78, 5) is 25.8. The lowest BCUT2D eigenvalue weighted by Crippen LogP contribution is -2.79. The summed E-state index contributed by atoms with van der Waals surface area (Å²) in [6, 6.07) is 0. The molecule has 0 spiro atoms. The Kier molecular flexibility index (Phi) is 8.08. The van der Waals surface area contributed by atoms with Gasteiger partial charge in [0, 0.05) is 12.8 Å². The van der Waals surface area contributed by atoms with Gasteiger partial charge in [-0.15, -0.1) is 0 Å². The van der Waals surface area contributed by atoms with Gasteiger partial charge in [0.25, 0.3) is 0 Å². The van der Waals surface area contributed by atoms with Crippen LogP contribution in [0.2, 0.25) is 0 Å². The molecule has 39 heavy (non-hydrogen) atoms. The maximum atomic E-state index is 13.1. The maximum Gasteiger partial charge on any atom is 0.306 e. The largest absolute Gasteiger partial charge is 0.462 e. The molecule has 4 aliphatic carbocycles. The van der Waals surface area contributed by atoms with Crippen LogP contribution in [0.3, 0.4) is 0 Å². The van der Waals surface area contributed by atoms with Crippen molar-refractivity contribution in [1.29, 1.82) is 0 Å². The third kappa shape index (κ3) is 4.56. The highest BCUT2D eigenvalue weighted by atomic mass is 16.6. The van der Waals surface area contributed by atoms with Crippen LogP contribution < -0.4 is 0 Å². The molecule has 4 fully saturated rings. The molecule has 4 saturated carbocycles. The van der Waals surface area contributed by atoms with Crippen LogP contribution in [0, 0.1) is 34.5 Å². The molecule has 10 atom stereocenters. The van der Waals surface area contributed by atoms with Gasteiger partial charge in [0.05, 0.1) is 17.1 Å². The predicted octanol–water partition coefficient (Wildman–Crippen LogP) is 3.90. The van der Waals surface area contributed by atoms with E-state index in [9.17, 15) is 30.0 Å². The Morgan fingerprint density at radius 2 is 1.46 bits per heavy atom. The van der Waals surface area contributed by atoms with Gasteiger partial charge in [0.1, 0.15) is 23.4 Å². The highest BCUT2D eigenvalue weighted by molar-refractivity contribution is 5.70. The molecule has 0 bridgehead atoms. The lowest BCUT2D eigenvalue weighted by Gasteiger charge is -2.69. The molecule has 224 valence electrons. The normalized spacial score (nSPS) is 46.3. The minimum atomic E-state index is -1.77. The molecule has 0 aromatic heterocycles. The minimum Gasteiger partial charge on any atom is -0.462 e. The van der Waals surface area contributed by atoms with Crippen LogP contribution in [0.1, 0.15) is 113 Å². The zero-order valence-electron chi connectivity index (χ0n) is 25.0. The van der Waals surface area contributed by atoms with Crippen molar-refractivity contribution in [2.24, 2.45) is 34.5 Å². The van der Waals surface area contributed by atoms with Gasteiger partial charge >= 0.3 is 11.9 Å².